The largest absolute Gasteiger partial charge is 0.339 e. The molecule has 2 aliphatic carbocycles. The molecule has 0 aromatic heterocycles. The van der Waals surface area contributed by atoms with Crippen LogP contribution in [0.3, 0.4) is 0 Å². The zero-order valence-electron chi connectivity index (χ0n) is 16.5. The van der Waals surface area contributed by atoms with Crippen molar-refractivity contribution in [3.05, 3.63) is 40.4 Å². The summed E-state index contributed by atoms with van der Waals surface area (Å²) in [4.78, 5) is 9.31. The summed E-state index contributed by atoms with van der Waals surface area (Å²) in [6.45, 7) is 4.68. The Hall–Kier alpha value is -1.57. The van der Waals surface area contributed by atoms with E-state index in [2.05, 4.69) is 14.8 Å². The number of fused-ring (bicyclic) bond motifs is 1. The van der Waals surface area contributed by atoms with Crippen LogP contribution in [0, 0.1) is 0 Å². The Labute approximate surface area is 177 Å². The predicted molar refractivity (Wildman–Crippen MR) is 117 cm³/mol. The summed E-state index contributed by atoms with van der Waals surface area (Å²) < 4.78 is 28.5. The first-order valence-corrected chi connectivity index (χ1v) is 12.4. The van der Waals surface area contributed by atoms with Crippen molar-refractivity contribution in [1.82, 2.24) is 14.1 Å². The van der Waals surface area contributed by atoms with Gasteiger partial charge in [-0.2, -0.15) is 0 Å². The lowest BCUT2D eigenvalue weighted by atomic mass is 9.91. The molecule has 8 heteroatoms. The third-order valence-electron chi connectivity index (χ3n) is 6.68. The van der Waals surface area contributed by atoms with Crippen molar-refractivity contribution in [1.29, 1.82) is 0 Å². The van der Waals surface area contributed by atoms with Crippen LogP contribution in [0.5, 0.6) is 0 Å². The molecule has 4 aliphatic rings. The number of sulfonamides is 1. The van der Waals surface area contributed by atoms with Gasteiger partial charge >= 0.3 is 0 Å². The Balaban J connectivity index is 1.30. The average molecular weight is 435 g/mol. The van der Waals surface area contributed by atoms with Gasteiger partial charge < -0.3 is 4.90 Å². The number of benzene rings is 1. The summed E-state index contributed by atoms with van der Waals surface area (Å²) in [5, 5.41) is 0.112. The van der Waals surface area contributed by atoms with E-state index in [1.807, 2.05) is 24.3 Å². The molecule has 156 valence electrons. The first kappa shape index (κ1) is 19.4. The molecule has 1 unspecified atom stereocenters. The van der Waals surface area contributed by atoms with E-state index in [1.54, 1.807) is 10.4 Å². The Morgan fingerprint density at radius 3 is 2.59 bits per heavy atom. The molecule has 2 fully saturated rings. The number of hydrogen-bond donors (Lipinski definition) is 0. The van der Waals surface area contributed by atoms with Gasteiger partial charge in [-0.25, -0.2) is 12.7 Å². The molecule has 2 heterocycles. The number of nitrogens with zero attached hydrogens (tertiary/aromatic N) is 4. The van der Waals surface area contributed by atoms with E-state index < -0.39 is 15.3 Å². The topological polar surface area (TPSA) is 56.2 Å². The molecule has 5 rings (SSSR count). The van der Waals surface area contributed by atoms with Crippen molar-refractivity contribution in [2.24, 2.45) is 4.99 Å². The van der Waals surface area contributed by atoms with E-state index in [-0.39, 0.29) is 0 Å². The molecular formula is C21H27ClN4O2S. The van der Waals surface area contributed by atoms with Gasteiger partial charge in [-0.05, 0) is 42.5 Å². The summed E-state index contributed by atoms with van der Waals surface area (Å²) in [5.41, 5.74) is 2.03. The van der Waals surface area contributed by atoms with Crippen molar-refractivity contribution < 1.29 is 8.42 Å². The zero-order chi connectivity index (χ0) is 20.0. The van der Waals surface area contributed by atoms with E-state index in [0.717, 1.165) is 43.3 Å². The molecule has 29 heavy (non-hydrogen) atoms. The van der Waals surface area contributed by atoms with Crippen LogP contribution in [-0.2, 0) is 16.4 Å². The molecular weight excluding hydrogens is 408 g/mol. The van der Waals surface area contributed by atoms with E-state index in [0.29, 0.717) is 30.5 Å². The smallest absolute Gasteiger partial charge is 0.244 e. The van der Waals surface area contributed by atoms with Gasteiger partial charge in [-0.1, -0.05) is 36.2 Å². The second-order valence-corrected chi connectivity index (χ2v) is 10.9. The molecule has 1 aromatic rings. The number of aliphatic imine (C=N–C) groups is 1. The van der Waals surface area contributed by atoms with Crippen LogP contribution in [0.1, 0.15) is 30.4 Å². The first-order chi connectivity index (χ1) is 14.0. The number of halogens is 1. The highest BCUT2D eigenvalue weighted by Crippen LogP contribution is 2.29. The summed E-state index contributed by atoms with van der Waals surface area (Å²) in [6.07, 6.45) is 8.12. The van der Waals surface area contributed by atoms with Gasteiger partial charge in [0.15, 0.2) is 0 Å². The summed E-state index contributed by atoms with van der Waals surface area (Å²) in [7, 11) is -3.51. The monoisotopic (exact) mass is 434 g/mol. The van der Waals surface area contributed by atoms with Crippen LogP contribution in [0.25, 0.3) is 6.08 Å². The lowest BCUT2D eigenvalue weighted by Crippen LogP contribution is -2.57. The zero-order valence-corrected chi connectivity index (χ0v) is 18.1. The van der Waals surface area contributed by atoms with Gasteiger partial charge in [-0.3, -0.25) is 9.89 Å². The Morgan fingerprint density at radius 2 is 1.86 bits per heavy atom. The second kappa shape index (κ2) is 7.60. The average Bonchev–Trinajstić information content (AvgIpc) is 3.17. The highest BCUT2D eigenvalue weighted by atomic mass is 35.5. The van der Waals surface area contributed by atoms with Gasteiger partial charge in [0.25, 0.3) is 0 Å². The molecule has 0 bridgehead atoms. The number of rotatable bonds is 3. The van der Waals surface area contributed by atoms with Crippen molar-refractivity contribution in [2.45, 2.75) is 37.0 Å². The van der Waals surface area contributed by atoms with E-state index in [1.165, 1.54) is 19.3 Å². The maximum atomic E-state index is 13.5. The number of hydrogen-bond acceptors (Lipinski definition) is 5. The number of piperazine rings is 1. The minimum Gasteiger partial charge on any atom is -0.339 e. The first-order valence-electron chi connectivity index (χ1n) is 10.5. The van der Waals surface area contributed by atoms with Crippen molar-refractivity contribution in [3.8, 4) is 0 Å². The van der Waals surface area contributed by atoms with Crippen molar-refractivity contribution in [3.63, 3.8) is 0 Å². The van der Waals surface area contributed by atoms with Crippen LogP contribution < -0.4 is 0 Å². The van der Waals surface area contributed by atoms with Crippen LogP contribution in [-0.4, -0.2) is 79.0 Å². The third-order valence-corrected chi connectivity index (χ3v) is 8.96. The lowest BCUT2D eigenvalue weighted by Gasteiger charge is -2.44. The number of guanidine groups is 1. The fourth-order valence-electron chi connectivity index (χ4n) is 4.73. The van der Waals surface area contributed by atoms with Gasteiger partial charge in [0.05, 0.1) is 13.1 Å². The molecule has 2 aliphatic heterocycles. The fourth-order valence-corrected chi connectivity index (χ4v) is 6.64. The molecule has 1 saturated heterocycles. The minimum atomic E-state index is -3.51. The summed E-state index contributed by atoms with van der Waals surface area (Å²) in [5.74, 6) is 0.647. The summed E-state index contributed by atoms with van der Waals surface area (Å²) in [6, 6.07) is 6.39. The lowest BCUT2D eigenvalue weighted by molar-refractivity contribution is 0.0833. The standard InChI is InChI=1S/C21H27ClN4O2S/c22-18-6-4-17-15-20(7-5-16(17)14-18)29(27,28)26-9-8-23-21(26)25-12-10-24(11-13-25)19-2-1-3-19/h4-7,14,19-20H,1-3,8-13,15H2. The maximum absolute atomic E-state index is 13.5. The van der Waals surface area contributed by atoms with E-state index in [9.17, 15) is 8.42 Å². The predicted octanol–water partition coefficient (Wildman–Crippen LogP) is 2.45. The van der Waals surface area contributed by atoms with Crippen LogP contribution in [0.15, 0.2) is 29.3 Å². The molecule has 0 spiro atoms. The van der Waals surface area contributed by atoms with E-state index in [4.69, 9.17) is 11.6 Å². The molecule has 0 amide bonds. The van der Waals surface area contributed by atoms with Crippen LogP contribution >= 0.6 is 11.6 Å². The van der Waals surface area contributed by atoms with Gasteiger partial charge in [0, 0.05) is 37.2 Å². The Bertz CT molecular complexity index is 949. The van der Waals surface area contributed by atoms with Crippen LogP contribution in [0.2, 0.25) is 5.02 Å². The molecule has 6 nitrogen and oxygen atoms in total. The minimum absolute atomic E-state index is 0.443. The molecule has 1 atom stereocenters. The molecule has 0 radical (unpaired) electrons. The van der Waals surface area contributed by atoms with Gasteiger partial charge in [-0.15, -0.1) is 0 Å². The van der Waals surface area contributed by atoms with Gasteiger partial charge in [0.2, 0.25) is 16.0 Å². The van der Waals surface area contributed by atoms with Crippen LogP contribution in [0.4, 0.5) is 0 Å². The van der Waals surface area contributed by atoms with E-state index >= 15 is 0 Å². The highest BCUT2D eigenvalue weighted by Gasteiger charge is 2.39. The quantitative estimate of drug-likeness (QED) is 0.733. The molecule has 1 aromatic carbocycles. The normalized spacial score (nSPS) is 25.7. The van der Waals surface area contributed by atoms with Gasteiger partial charge in [0.1, 0.15) is 5.25 Å². The third kappa shape index (κ3) is 3.57. The molecule has 0 N–H and O–H groups in total. The Kier molecular flexibility index (Phi) is 5.08. The molecule has 1 saturated carbocycles. The maximum Gasteiger partial charge on any atom is 0.244 e. The second-order valence-electron chi connectivity index (χ2n) is 8.35. The Morgan fingerprint density at radius 1 is 1.07 bits per heavy atom. The SMILES string of the molecule is O=S(=O)(C1C=Cc2cc(Cl)ccc2C1)N1CCN=C1N1CCN(C2CCC2)CC1. The fraction of sp³-hybridized carbons (Fsp3) is 0.571. The highest BCUT2D eigenvalue weighted by molar-refractivity contribution is 7.90. The van der Waals surface area contributed by atoms with Crippen molar-refractivity contribution >= 4 is 33.7 Å². The van der Waals surface area contributed by atoms with Crippen molar-refractivity contribution in [2.75, 3.05) is 39.3 Å². The summed E-state index contributed by atoms with van der Waals surface area (Å²) >= 11 is 6.07.